The topological polar surface area (TPSA) is 133 Å². The molecule has 1 aliphatic heterocycles. The number of aliphatic carboxylic acids is 2. The SMILES string of the molecule is O=C(O)C[C@@H]1NC(=O)[C@H](CC(=O)O)NC1=O. The molecule has 1 aliphatic rings. The predicted octanol–water partition coefficient (Wildman–Crippen LogP) is -2.08. The third-order valence-corrected chi connectivity index (χ3v) is 2.02. The minimum absolute atomic E-state index is 0.530. The fraction of sp³-hybridized carbons (Fsp3) is 0.500. The monoisotopic (exact) mass is 230 g/mol. The van der Waals surface area contributed by atoms with Crippen molar-refractivity contribution in [1.82, 2.24) is 10.6 Å². The molecular weight excluding hydrogens is 220 g/mol. The number of nitrogens with one attached hydrogen (secondary N) is 2. The van der Waals surface area contributed by atoms with Crippen LogP contribution in [0.25, 0.3) is 0 Å². The van der Waals surface area contributed by atoms with Crippen LogP contribution in [0.15, 0.2) is 0 Å². The summed E-state index contributed by atoms with van der Waals surface area (Å²) in [6.45, 7) is 0. The van der Waals surface area contributed by atoms with Crippen LogP contribution in [0, 0.1) is 0 Å². The first-order valence-corrected chi connectivity index (χ1v) is 4.44. The molecule has 0 aromatic carbocycles. The molecule has 8 nitrogen and oxygen atoms in total. The summed E-state index contributed by atoms with van der Waals surface area (Å²) >= 11 is 0. The molecule has 16 heavy (non-hydrogen) atoms. The average Bonchev–Trinajstić information content (AvgIpc) is 2.11. The molecule has 1 saturated heterocycles. The van der Waals surface area contributed by atoms with Gasteiger partial charge in [0.05, 0.1) is 12.8 Å². The smallest absolute Gasteiger partial charge is 0.305 e. The maximum absolute atomic E-state index is 11.3. The van der Waals surface area contributed by atoms with Gasteiger partial charge >= 0.3 is 11.9 Å². The molecule has 0 radical (unpaired) electrons. The van der Waals surface area contributed by atoms with Crippen LogP contribution in [0.1, 0.15) is 12.8 Å². The van der Waals surface area contributed by atoms with Gasteiger partial charge in [0.1, 0.15) is 12.1 Å². The van der Waals surface area contributed by atoms with Gasteiger partial charge in [-0.1, -0.05) is 0 Å². The van der Waals surface area contributed by atoms with Gasteiger partial charge in [0.15, 0.2) is 0 Å². The standard InChI is InChI=1S/C8H10N2O6/c11-5(12)1-3-7(15)10-4(2-6(13)14)8(16)9-3/h3-4H,1-2H2,(H,9,16)(H,10,15)(H,11,12)(H,13,14)/t3-,4-/m0/s1. The number of rotatable bonds is 4. The van der Waals surface area contributed by atoms with Crippen molar-refractivity contribution >= 4 is 23.8 Å². The van der Waals surface area contributed by atoms with E-state index < -0.39 is 48.7 Å². The van der Waals surface area contributed by atoms with Crippen LogP contribution in [0.4, 0.5) is 0 Å². The van der Waals surface area contributed by atoms with Gasteiger partial charge in [0.25, 0.3) is 0 Å². The zero-order chi connectivity index (χ0) is 12.3. The highest BCUT2D eigenvalue weighted by atomic mass is 16.4. The molecule has 0 bridgehead atoms. The Morgan fingerprint density at radius 1 is 0.938 bits per heavy atom. The number of hydrogen-bond donors (Lipinski definition) is 4. The number of piperazine rings is 1. The molecule has 0 unspecified atom stereocenters. The maximum Gasteiger partial charge on any atom is 0.305 e. The van der Waals surface area contributed by atoms with Gasteiger partial charge < -0.3 is 20.8 Å². The molecule has 0 saturated carbocycles. The van der Waals surface area contributed by atoms with E-state index in [4.69, 9.17) is 10.2 Å². The number of carbonyl (C=O) groups excluding carboxylic acids is 2. The van der Waals surface area contributed by atoms with E-state index in [1.54, 1.807) is 0 Å². The van der Waals surface area contributed by atoms with E-state index in [0.717, 1.165) is 0 Å². The zero-order valence-corrected chi connectivity index (χ0v) is 8.10. The second-order valence-electron chi connectivity index (χ2n) is 3.32. The van der Waals surface area contributed by atoms with Crippen LogP contribution in [0.2, 0.25) is 0 Å². The van der Waals surface area contributed by atoms with Crippen LogP contribution in [-0.2, 0) is 19.2 Å². The Bertz CT molecular complexity index is 318. The van der Waals surface area contributed by atoms with Gasteiger partial charge in [-0.2, -0.15) is 0 Å². The molecule has 2 amide bonds. The molecule has 1 fully saturated rings. The van der Waals surface area contributed by atoms with E-state index in [9.17, 15) is 19.2 Å². The summed E-state index contributed by atoms with van der Waals surface area (Å²) < 4.78 is 0. The second-order valence-corrected chi connectivity index (χ2v) is 3.32. The predicted molar refractivity (Wildman–Crippen MR) is 48.4 cm³/mol. The highest BCUT2D eigenvalue weighted by Crippen LogP contribution is 2.04. The molecule has 0 aromatic rings. The minimum Gasteiger partial charge on any atom is -0.481 e. The van der Waals surface area contributed by atoms with Gasteiger partial charge in [0, 0.05) is 0 Å². The Hall–Kier alpha value is -2.12. The van der Waals surface area contributed by atoms with E-state index in [1.807, 2.05) is 0 Å². The van der Waals surface area contributed by atoms with Crippen LogP contribution >= 0.6 is 0 Å². The molecule has 2 atom stereocenters. The first kappa shape index (κ1) is 12.0. The van der Waals surface area contributed by atoms with E-state index in [0.29, 0.717) is 0 Å². The quantitative estimate of drug-likeness (QED) is 0.438. The normalized spacial score (nSPS) is 24.5. The minimum atomic E-state index is -1.22. The lowest BCUT2D eigenvalue weighted by Gasteiger charge is -2.27. The number of hydrogen-bond acceptors (Lipinski definition) is 4. The summed E-state index contributed by atoms with van der Waals surface area (Å²) in [6, 6.07) is -2.29. The average molecular weight is 230 g/mol. The van der Waals surface area contributed by atoms with E-state index in [1.165, 1.54) is 0 Å². The van der Waals surface area contributed by atoms with Crippen molar-refractivity contribution in [2.75, 3.05) is 0 Å². The van der Waals surface area contributed by atoms with Crippen molar-refractivity contribution in [1.29, 1.82) is 0 Å². The molecule has 1 heterocycles. The first-order valence-electron chi connectivity index (χ1n) is 4.44. The van der Waals surface area contributed by atoms with E-state index in [-0.39, 0.29) is 0 Å². The third-order valence-electron chi connectivity index (χ3n) is 2.02. The number of carboxylic acids is 2. The van der Waals surface area contributed by atoms with Gasteiger partial charge in [-0.3, -0.25) is 19.2 Å². The molecule has 0 spiro atoms. The summed E-state index contributed by atoms with van der Waals surface area (Å²) in [5, 5.41) is 21.2. The van der Waals surface area contributed by atoms with Crippen molar-refractivity contribution in [2.45, 2.75) is 24.9 Å². The van der Waals surface area contributed by atoms with Crippen molar-refractivity contribution in [3.8, 4) is 0 Å². The highest BCUT2D eigenvalue weighted by Gasteiger charge is 2.35. The molecule has 0 aliphatic carbocycles. The number of carboxylic acid groups (broad SMARTS) is 2. The van der Waals surface area contributed by atoms with Crippen LogP contribution < -0.4 is 10.6 Å². The molecule has 4 N–H and O–H groups in total. The molecule has 8 heteroatoms. The highest BCUT2D eigenvalue weighted by molar-refractivity contribution is 5.99. The Morgan fingerprint density at radius 2 is 1.25 bits per heavy atom. The van der Waals surface area contributed by atoms with E-state index in [2.05, 4.69) is 10.6 Å². The van der Waals surface area contributed by atoms with Crippen LogP contribution in [0.5, 0.6) is 0 Å². The summed E-state index contributed by atoms with van der Waals surface area (Å²) in [5.41, 5.74) is 0. The largest absolute Gasteiger partial charge is 0.481 e. The number of carbonyl (C=O) groups is 4. The van der Waals surface area contributed by atoms with E-state index >= 15 is 0 Å². The zero-order valence-electron chi connectivity index (χ0n) is 8.10. The van der Waals surface area contributed by atoms with Gasteiger partial charge in [-0.05, 0) is 0 Å². The van der Waals surface area contributed by atoms with Gasteiger partial charge in [-0.25, -0.2) is 0 Å². The van der Waals surface area contributed by atoms with Crippen molar-refractivity contribution in [2.24, 2.45) is 0 Å². The lowest BCUT2D eigenvalue weighted by atomic mass is 10.1. The Kier molecular flexibility index (Phi) is 3.44. The van der Waals surface area contributed by atoms with Crippen LogP contribution in [0.3, 0.4) is 0 Å². The fourth-order valence-electron chi connectivity index (χ4n) is 1.31. The summed E-state index contributed by atoms with van der Waals surface area (Å²) in [6.07, 6.45) is -1.06. The first-order chi connectivity index (χ1) is 7.40. The molecule has 88 valence electrons. The third kappa shape index (κ3) is 2.94. The lowest BCUT2D eigenvalue weighted by molar-refractivity contribution is -0.146. The van der Waals surface area contributed by atoms with Crippen molar-refractivity contribution < 1.29 is 29.4 Å². The Morgan fingerprint density at radius 3 is 1.50 bits per heavy atom. The number of amides is 2. The van der Waals surface area contributed by atoms with Crippen molar-refractivity contribution in [3.05, 3.63) is 0 Å². The van der Waals surface area contributed by atoms with Crippen molar-refractivity contribution in [3.63, 3.8) is 0 Å². The molecule has 1 rings (SSSR count). The van der Waals surface area contributed by atoms with Gasteiger partial charge in [-0.15, -0.1) is 0 Å². The summed E-state index contributed by atoms with van der Waals surface area (Å²) in [7, 11) is 0. The fourth-order valence-corrected chi connectivity index (χ4v) is 1.31. The summed E-state index contributed by atoms with van der Waals surface area (Å²) in [4.78, 5) is 43.3. The lowest BCUT2D eigenvalue weighted by Crippen LogP contribution is -2.62. The maximum atomic E-state index is 11.3. The molecular formula is C8H10N2O6. The Labute approximate surface area is 89.6 Å². The Balaban J connectivity index is 2.63. The molecule has 0 aromatic heterocycles. The van der Waals surface area contributed by atoms with Gasteiger partial charge in [0.2, 0.25) is 11.8 Å². The van der Waals surface area contributed by atoms with Crippen LogP contribution in [-0.4, -0.2) is 46.0 Å². The summed E-state index contributed by atoms with van der Waals surface area (Å²) in [5.74, 6) is -3.82. The second kappa shape index (κ2) is 4.60.